The number of aromatic nitrogens is 5. The SMILES string of the molecule is COCCn1c(CN2CCn3nc(C#N)cc3C2)nnc1C1CC(N)C1. The first-order valence-electron chi connectivity index (χ1n) is 9.03. The molecular formula is C17H24N8O. The molecule has 138 valence electrons. The molecular weight excluding hydrogens is 332 g/mol. The van der Waals surface area contributed by atoms with Crippen molar-refractivity contribution in [3.8, 4) is 6.07 Å². The summed E-state index contributed by atoms with van der Waals surface area (Å²) in [6.45, 7) is 4.53. The second-order valence-electron chi connectivity index (χ2n) is 7.11. The highest BCUT2D eigenvalue weighted by Crippen LogP contribution is 2.35. The van der Waals surface area contributed by atoms with Crippen molar-refractivity contribution in [1.82, 2.24) is 29.4 Å². The molecule has 2 aromatic heterocycles. The van der Waals surface area contributed by atoms with E-state index in [0.717, 1.165) is 62.9 Å². The normalized spacial score (nSPS) is 22.7. The van der Waals surface area contributed by atoms with Crippen molar-refractivity contribution in [1.29, 1.82) is 5.26 Å². The molecule has 2 aliphatic rings. The first-order valence-corrected chi connectivity index (χ1v) is 9.03. The van der Waals surface area contributed by atoms with Crippen LogP contribution in [0.2, 0.25) is 0 Å². The van der Waals surface area contributed by atoms with Crippen molar-refractivity contribution in [3.63, 3.8) is 0 Å². The summed E-state index contributed by atoms with van der Waals surface area (Å²) < 4.78 is 9.40. The van der Waals surface area contributed by atoms with Crippen molar-refractivity contribution >= 4 is 0 Å². The number of nitrogens with two attached hydrogens (primary N) is 1. The number of nitriles is 1. The van der Waals surface area contributed by atoms with Crippen molar-refractivity contribution in [3.05, 3.63) is 29.1 Å². The molecule has 3 heterocycles. The van der Waals surface area contributed by atoms with Gasteiger partial charge in [0.1, 0.15) is 17.7 Å². The van der Waals surface area contributed by atoms with Gasteiger partial charge in [0, 0.05) is 38.7 Å². The predicted octanol–water partition coefficient (Wildman–Crippen LogP) is 0.213. The summed E-state index contributed by atoms with van der Waals surface area (Å²) in [6.07, 6.45) is 1.95. The third-order valence-electron chi connectivity index (χ3n) is 5.27. The molecule has 26 heavy (non-hydrogen) atoms. The van der Waals surface area contributed by atoms with E-state index in [9.17, 15) is 0 Å². The Balaban J connectivity index is 1.50. The summed E-state index contributed by atoms with van der Waals surface area (Å²) >= 11 is 0. The maximum Gasteiger partial charge on any atom is 0.162 e. The Morgan fingerprint density at radius 2 is 2.19 bits per heavy atom. The van der Waals surface area contributed by atoms with E-state index in [1.807, 2.05) is 10.7 Å². The van der Waals surface area contributed by atoms with Gasteiger partial charge in [-0.05, 0) is 18.9 Å². The minimum absolute atomic E-state index is 0.285. The van der Waals surface area contributed by atoms with Crippen LogP contribution in [0.1, 0.15) is 41.8 Å². The molecule has 9 heteroatoms. The van der Waals surface area contributed by atoms with Crippen LogP contribution in [-0.2, 0) is 30.9 Å². The van der Waals surface area contributed by atoms with Crippen molar-refractivity contribution < 1.29 is 4.74 Å². The van der Waals surface area contributed by atoms with E-state index in [2.05, 4.69) is 30.8 Å². The smallest absolute Gasteiger partial charge is 0.162 e. The fraction of sp³-hybridized carbons (Fsp3) is 0.647. The molecule has 2 N–H and O–H groups in total. The molecule has 0 aromatic carbocycles. The number of ether oxygens (including phenoxy) is 1. The fourth-order valence-corrected chi connectivity index (χ4v) is 3.78. The molecule has 1 aliphatic heterocycles. The standard InChI is InChI=1S/C17H24N8O/c1-26-5-4-24-16(20-21-17(24)12-6-13(19)7-12)11-23-2-3-25-15(10-23)8-14(9-18)22-25/h8,12-13H,2-7,10-11,19H2,1H3. The molecule has 0 amide bonds. The summed E-state index contributed by atoms with van der Waals surface area (Å²) in [5.74, 6) is 2.41. The zero-order valence-corrected chi connectivity index (χ0v) is 15.0. The Hall–Kier alpha value is -2.28. The number of hydrogen-bond donors (Lipinski definition) is 1. The minimum Gasteiger partial charge on any atom is -0.383 e. The van der Waals surface area contributed by atoms with Crippen molar-refractivity contribution in [2.75, 3.05) is 20.3 Å². The fourth-order valence-electron chi connectivity index (χ4n) is 3.78. The summed E-state index contributed by atoms with van der Waals surface area (Å²) in [4.78, 5) is 2.32. The average molecular weight is 356 g/mol. The molecule has 0 radical (unpaired) electrons. The number of fused-ring (bicyclic) bond motifs is 1. The van der Waals surface area contributed by atoms with Crippen molar-refractivity contribution in [2.45, 2.75) is 51.0 Å². The van der Waals surface area contributed by atoms with Crippen LogP contribution in [0.3, 0.4) is 0 Å². The van der Waals surface area contributed by atoms with E-state index < -0.39 is 0 Å². The highest BCUT2D eigenvalue weighted by molar-refractivity contribution is 5.23. The maximum absolute atomic E-state index is 9.03. The molecule has 0 bridgehead atoms. The van der Waals surface area contributed by atoms with Gasteiger partial charge in [0.25, 0.3) is 0 Å². The van der Waals surface area contributed by atoms with Crippen LogP contribution in [0.25, 0.3) is 0 Å². The second kappa shape index (κ2) is 7.15. The van der Waals surface area contributed by atoms with Crippen LogP contribution >= 0.6 is 0 Å². The minimum atomic E-state index is 0.285. The van der Waals surface area contributed by atoms with Crippen LogP contribution < -0.4 is 5.73 Å². The van der Waals surface area contributed by atoms with Gasteiger partial charge in [0.05, 0.1) is 25.4 Å². The third-order valence-corrected chi connectivity index (χ3v) is 5.27. The van der Waals surface area contributed by atoms with Gasteiger partial charge >= 0.3 is 0 Å². The lowest BCUT2D eigenvalue weighted by Gasteiger charge is -2.32. The molecule has 9 nitrogen and oxygen atoms in total. The first-order chi connectivity index (χ1) is 12.7. The Labute approximate surface area is 152 Å². The summed E-state index contributed by atoms with van der Waals surface area (Å²) in [5.41, 5.74) is 7.50. The number of hydrogen-bond acceptors (Lipinski definition) is 7. The summed E-state index contributed by atoms with van der Waals surface area (Å²) in [6, 6.07) is 4.26. The molecule has 0 atom stereocenters. The van der Waals surface area contributed by atoms with Gasteiger partial charge in [-0.3, -0.25) is 9.58 Å². The molecule has 0 unspecified atom stereocenters. The van der Waals surface area contributed by atoms with Gasteiger partial charge in [0.15, 0.2) is 5.69 Å². The van der Waals surface area contributed by atoms with Crippen molar-refractivity contribution in [2.24, 2.45) is 5.73 Å². The van der Waals surface area contributed by atoms with Gasteiger partial charge in [0.2, 0.25) is 0 Å². The van der Waals surface area contributed by atoms with Gasteiger partial charge in [-0.1, -0.05) is 0 Å². The monoisotopic (exact) mass is 356 g/mol. The Morgan fingerprint density at radius 1 is 1.35 bits per heavy atom. The van der Waals surface area contributed by atoms with Crippen LogP contribution in [0.5, 0.6) is 0 Å². The molecule has 1 aliphatic carbocycles. The van der Waals surface area contributed by atoms with Gasteiger partial charge < -0.3 is 15.0 Å². The van der Waals surface area contributed by atoms with Crippen LogP contribution in [0.15, 0.2) is 6.07 Å². The molecule has 1 fully saturated rings. The number of methoxy groups -OCH3 is 1. The lowest BCUT2D eigenvalue weighted by Crippen LogP contribution is -2.37. The van der Waals surface area contributed by atoms with Crippen LogP contribution in [0.4, 0.5) is 0 Å². The molecule has 1 saturated carbocycles. The number of nitrogens with zero attached hydrogens (tertiary/aromatic N) is 7. The van der Waals surface area contributed by atoms with E-state index in [-0.39, 0.29) is 6.04 Å². The molecule has 0 spiro atoms. The highest BCUT2D eigenvalue weighted by Gasteiger charge is 2.32. The zero-order chi connectivity index (χ0) is 18.1. The Morgan fingerprint density at radius 3 is 2.92 bits per heavy atom. The molecule has 2 aromatic rings. The number of rotatable bonds is 6. The summed E-state index contributed by atoms with van der Waals surface area (Å²) in [5, 5.41) is 22.3. The van der Waals surface area contributed by atoms with E-state index >= 15 is 0 Å². The Kier molecular flexibility index (Phi) is 4.72. The Bertz CT molecular complexity index is 813. The van der Waals surface area contributed by atoms with E-state index in [1.165, 1.54) is 0 Å². The third kappa shape index (κ3) is 3.23. The van der Waals surface area contributed by atoms with E-state index in [0.29, 0.717) is 18.2 Å². The zero-order valence-electron chi connectivity index (χ0n) is 15.0. The van der Waals surface area contributed by atoms with Crippen LogP contribution in [0, 0.1) is 11.3 Å². The van der Waals surface area contributed by atoms with Crippen LogP contribution in [-0.4, -0.2) is 55.7 Å². The quantitative estimate of drug-likeness (QED) is 0.788. The van der Waals surface area contributed by atoms with Gasteiger partial charge in [-0.25, -0.2) is 0 Å². The highest BCUT2D eigenvalue weighted by atomic mass is 16.5. The average Bonchev–Trinajstić information content (AvgIpc) is 3.20. The second-order valence-corrected chi connectivity index (χ2v) is 7.11. The maximum atomic E-state index is 9.03. The van der Waals surface area contributed by atoms with E-state index in [1.54, 1.807) is 7.11 Å². The summed E-state index contributed by atoms with van der Waals surface area (Å²) in [7, 11) is 1.71. The lowest BCUT2D eigenvalue weighted by atomic mass is 9.80. The first kappa shape index (κ1) is 17.1. The van der Waals surface area contributed by atoms with Gasteiger partial charge in [-0.2, -0.15) is 10.4 Å². The molecule has 4 rings (SSSR count). The predicted molar refractivity (Wildman–Crippen MR) is 92.9 cm³/mol. The largest absolute Gasteiger partial charge is 0.383 e. The van der Waals surface area contributed by atoms with E-state index in [4.69, 9.17) is 15.7 Å². The van der Waals surface area contributed by atoms with Gasteiger partial charge in [-0.15, -0.1) is 10.2 Å². The lowest BCUT2D eigenvalue weighted by molar-refractivity contribution is 0.174. The molecule has 0 saturated heterocycles. The topological polar surface area (TPSA) is 111 Å².